The Balaban J connectivity index is 2.61. The van der Waals surface area contributed by atoms with Gasteiger partial charge in [-0.2, -0.15) is 0 Å². The van der Waals surface area contributed by atoms with E-state index in [0.29, 0.717) is 6.61 Å². The van der Waals surface area contributed by atoms with Gasteiger partial charge in [0.05, 0.1) is 12.6 Å². The van der Waals surface area contributed by atoms with Gasteiger partial charge < -0.3 is 10.2 Å². The van der Waals surface area contributed by atoms with Crippen LogP contribution in [-0.4, -0.2) is 19.9 Å². The van der Waals surface area contributed by atoms with Crippen LogP contribution in [0.1, 0.15) is 38.1 Å². The van der Waals surface area contributed by atoms with Gasteiger partial charge in [-0.1, -0.05) is 26.8 Å². The van der Waals surface area contributed by atoms with Gasteiger partial charge in [0.25, 0.3) is 0 Å². The summed E-state index contributed by atoms with van der Waals surface area (Å²) >= 11 is 0. The van der Waals surface area contributed by atoms with Gasteiger partial charge in [0, 0.05) is 11.9 Å². The molecular weight excluding hydrogens is 240 g/mol. The minimum absolute atomic E-state index is 0.0905. The van der Waals surface area contributed by atoms with Crippen LogP contribution in [-0.2, 0) is 4.43 Å². The average Bonchev–Trinajstić information content (AvgIpc) is 2.25. The Hall–Kier alpha value is -0.713. The van der Waals surface area contributed by atoms with Crippen LogP contribution < -0.4 is 5.73 Å². The lowest BCUT2D eigenvalue weighted by atomic mass is 10.1. The van der Waals surface area contributed by atoms with E-state index in [-0.39, 0.29) is 11.1 Å². The van der Waals surface area contributed by atoms with Gasteiger partial charge >= 0.3 is 0 Å². The first kappa shape index (κ1) is 15.3. The van der Waals surface area contributed by atoms with Crippen LogP contribution in [0.5, 0.6) is 0 Å². The minimum Gasteiger partial charge on any atom is -0.415 e. The molecule has 3 nitrogen and oxygen atoms in total. The fourth-order valence-corrected chi connectivity index (χ4v) is 2.34. The number of rotatable bonds is 4. The quantitative estimate of drug-likeness (QED) is 0.850. The van der Waals surface area contributed by atoms with Crippen molar-refractivity contribution in [1.29, 1.82) is 0 Å². The van der Waals surface area contributed by atoms with Crippen molar-refractivity contribution in [2.24, 2.45) is 5.73 Å². The van der Waals surface area contributed by atoms with Crippen molar-refractivity contribution in [3.8, 4) is 0 Å². The van der Waals surface area contributed by atoms with Gasteiger partial charge in [0.1, 0.15) is 0 Å². The van der Waals surface area contributed by atoms with Gasteiger partial charge in [0.15, 0.2) is 8.32 Å². The molecule has 0 radical (unpaired) electrons. The van der Waals surface area contributed by atoms with E-state index in [2.05, 4.69) is 38.8 Å². The molecule has 102 valence electrons. The third kappa shape index (κ3) is 3.90. The fraction of sp³-hybridized carbons (Fsp3) is 0.643. The molecule has 0 saturated heterocycles. The third-order valence-corrected chi connectivity index (χ3v) is 8.29. The zero-order chi connectivity index (χ0) is 14.0. The normalized spacial score (nSPS) is 14.6. The molecule has 0 fully saturated rings. The summed E-state index contributed by atoms with van der Waals surface area (Å²) in [5.74, 6) is 0. The summed E-state index contributed by atoms with van der Waals surface area (Å²) in [5, 5.41) is 0.220. The molecule has 1 heterocycles. The zero-order valence-electron chi connectivity index (χ0n) is 12.4. The molecule has 0 amide bonds. The lowest BCUT2D eigenvalue weighted by Crippen LogP contribution is -2.42. The van der Waals surface area contributed by atoms with E-state index in [1.54, 1.807) is 0 Å². The summed E-state index contributed by atoms with van der Waals surface area (Å²) in [6, 6.07) is 3.93. The molecule has 1 unspecified atom stereocenters. The molecule has 4 heteroatoms. The fourth-order valence-electron chi connectivity index (χ4n) is 1.31. The highest BCUT2D eigenvalue weighted by molar-refractivity contribution is 6.74. The number of pyridine rings is 1. The third-order valence-electron chi connectivity index (χ3n) is 3.79. The summed E-state index contributed by atoms with van der Waals surface area (Å²) in [6.07, 6.45) is 1.84. The Morgan fingerprint density at radius 3 is 2.39 bits per heavy atom. The second kappa shape index (κ2) is 5.51. The maximum absolute atomic E-state index is 6.15. The van der Waals surface area contributed by atoms with Crippen molar-refractivity contribution in [2.45, 2.75) is 51.9 Å². The number of nitrogens with zero attached hydrogens (tertiary/aromatic N) is 1. The summed E-state index contributed by atoms with van der Waals surface area (Å²) in [6.45, 7) is 13.7. The average molecular weight is 266 g/mol. The van der Waals surface area contributed by atoms with Crippen LogP contribution in [0.25, 0.3) is 0 Å². The first-order valence-corrected chi connectivity index (χ1v) is 9.36. The summed E-state index contributed by atoms with van der Waals surface area (Å²) in [7, 11) is -1.71. The van der Waals surface area contributed by atoms with Gasteiger partial charge in [-0.25, -0.2) is 0 Å². The van der Waals surface area contributed by atoms with Crippen molar-refractivity contribution < 1.29 is 4.43 Å². The maximum atomic E-state index is 6.15. The van der Waals surface area contributed by atoms with E-state index in [0.717, 1.165) is 11.3 Å². The first-order valence-electron chi connectivity index (χ1n) is 6.45. The Labute approximate surface area is 112 Å². The Morgan fingerprint density at radius 2 is 1.94 bits per heavy atom. The summed E-state index contributed by atoms with van der Waals surface area (Å²) < 4.78 is 6.13. The second-order valence-electron chi connectivity index (χ2n) is 6.41. The van der Waals surface area contributed by atoms with Crippen LogP contribution in [0, 0.1) is 6.92 Å². The molecule has 0 aromatic carbocycles. The lowest BCUT2D eigenvalue weighted by Gasteiger charge is -2.36. The molecule has 1 rings (SSSR count). The predicted octanol–water partition coefficient (Wildman–Crippen LogP) is 3.41. The molecule has 1 atom stereocenters. The highest BCUT2D eigenvalue weighted by Gasteiger charge is 2.37. The molecule has 0 saturated carbocycles. The SMILES string of the molecule is Cc1ccc(C(N)CO[Si](C)(C)C(C)(C)C)cn1. The lowest BCUT2D eigenvalue weighted by molar-refractivity contribution is 0.264. The minimum atomic E-state index is -1.71. The number of aromatic nitrogens is 1. The number of hydrogen-bond donors (Lipinski definition) is 1. The monoisotopic (exact) mass is 266 g/mol. The molecule has 0 bridgehead atoms. The zero-order valence-corrected chi connectivity index (χ0v) is 13.4. The number of nitrogens with two attached hydrogens (primary N) is 1. The van der Waals surface area contributed by atoms with Gasteiger partial charge in [-0.3, -0.25) is 4.98 Å². The molecule has 1 aromatic heterocycles. The molecule has 1 aromatic rings. The molecule has 0 aliphatic heterocycles. The highest BCUT2D eigenvalue weighted by atomic mass is 28.4. The van der Waals surface area contributed by atoms with E-state index >= 15 is 0 Å². The van der Waals surface area contributed by atoms with Crippen molar-refractivity contribution in [2.75, 3.05) is 6.61 Å². The second-order valence-corrected chi connectivity index (χ2v) is 11.2. The molecule has 2 N–H and O–H groups in total. The van der Waals surface area contributed by atoms with Crippen LogP contribution in [0.15, 0.2) is 18.3 Å². The van der Waals surface area contributed by atoms with Crippen molar-refractivity contribution in [3.05, 3.63) is 29.6 Å². The first-order chi connectivity index (χ1) is 8.13. The maximum Gasteiger partial charge on any atom is 0.192 e. The molecule has 0 aliphatic carbocycles. The van der Waals surface area contributed by atoms with Crippen LogP contribution in [0.4, 0.5) is 0 Å². The summed E-state index contributed by atoms with van der Waals surface area (Å²) in [5.41, 5.74) is 8.20. The van der Waals surface area contributed by atoms with Crippen LogP contribution in [0.3, 0.4) is 0 Å². The molecule has 0 spiro atoms. The van der Waals surface area contributed by atoms with Gasteiger partial charge in [-0.15, -0.1) is 0 Å². The van der Waals surface area contributed by atoms with Crippen molar-refractivity contribution in [3.63, 3.8) is 0 Å². The van der Waals surface area contributed by atoms with E-state index in [9.17, 15) is 0 Å². The van der Waals surface area contributed by atoms with Crippen molar-refractivity contribution >= 4 is 8.32 Å². The standard InChI is InChI=1S/C14H26N2OSi/c1-11-7-8-12(9-16-11)13(15)10-17-18(5,6)14(2,3)4/h7-9,13H,10,15H2,1-6H3. The molecule has 0 aliphatic rings. The summed E-state index contributed by atoms with van der Waals surface area (Å²) in [4.78, 5) is 4.27. The van der Waals surface area contributed by atoms with Crippen molar-refractivity contribution in [1.82, 2.24) is 4.98 Å². The largest absolute Gasteiger partial charge is 0.415 e. The van der Waals surface area contributed by atoms with Gasteiger partial charge in [0.2, 0.25) is 0 Å². The topological polar surface area (TPSA) is 48.1 Å². The Bertz CT molecular complexity index is 382. The number of hydrogen-bond acceptors (Lipinski definition) is 3. The van der Waals surface area contributed by atoms with E-state index in [1.165, 1.54) is 0 Å². The van der Waals surface area contributed by atoms with E-state index < -0.39 is 8.32 Å². The Morgan fingerprint density at radius 1 is 1.33 bits per heavy atom. The molecular formula is C14H26N2OSi. The number of aryl methyl sites for hydroxylation is 1. The highest BCUT2D eigenvalue weighted by Crippen LogP contribution is 2.36. The van der Waals surface area contributed by atoms with Crippen LogP contribution >= 0.6 is 0 Å². The van der Waals surface area contributed by atoms with E-state index in [1.807, 2.05) is 25.3 Å². The predicted molar refractivity (Wildman–Crippen MR) is 79.1 cm³/mol. The van der Waals surface area contributed by atoms with Gasteiger partial charge in [-0.05, 0) is 36.7 Å². The van der Waals surface area contributed by atoms with Crippen LogP contribution in [0.2, 0.25) is 18.1 Å². The smallest absolute Gasteiger partial charge is 0.192 e. The Kier molecular flexibility index (Phi) is 4.70. The molecule has 18 heavy (non-hydrogen) atoms. The van der Waals surface area contributed by atoms with E-state index in [4.69, 9.17) is 10.2 Å².